The number of carboxylic acid groups (broad SMARTS) is 1. The van der Waals surface area contributed by atoms with Crippen molar-refractivity contribution in [1.29, 1.82) is 0 Å². The third kappa shape index (κ3) is 5.30. The first-order valence-electron chi connectivity index (χ1n) is 6.83. The molecule has 5 heteroatoms. The monoisotopic (exact) mass is 291 g/mol. The maximum Gasteiger partial charge on any atom is 0.308 e. The number of amides is 1. The van der Waals surface area contributed by atoms with Crippen LogP contribution in [-0.2, 0) is 9.59 Å². The lowest BCUT2D eigenvalue weighted by atomic mass is 10.1. The number of carboxylic acids is 1. The number of aliphatic carboxylic acids is 1. The molecule has 0 fully saturated rings. The third-order valence-electron chi connectivity index (χ3n) is 2.97. The Hall–Kier alpha value is -2.30. The summed E-state index contributed by atoms with van der Waals surface area (Å²) in [7, 11) is 1.58. The molecule has 0 radical (unpaired) electrons. The first-order chi connectivity index (χ1) is 9.95. The highest BCUT2D eigenvalue weighted by atomic mass is 16.5. The van der Waals surface area contributed by atoms with Crippen molar-refractivity contribution in [2.75, 3.05) is 20.2 Å². The summed E-state index contributed by atoms with van der Waals surface area (Å²) in [6.45, 7) is 4.19. The molecule has 114 valence electrons. The van der Waals surface area contributed by atoms with Gasteiger partial charge in [-0.1, -0.05) is 25.1 Å². The molecule has 0 spiro atoms. The number of nitrogens with zero attached hydrogens (tertiary/aromatic N) is 1. The van der Waals surface area contributed by atoms with E-state index >= 15 is 0 Å². The lowest BCUT2D eigenvalue weighted by molar-refractivity contribution is -0.142. The van der Waals surface area contributed by atoms with Crippen LogP contribution in [0.15, 0.2) is 30.3 Å². The zero-order valence-corrected chi connectivity index (χ0v) is 12.6. The van der Waals surface area contributed by atoms with Crippen LogP contribution in [0.5, 0.6) is 5.75 Å². The Kier molecular flexibility index (Phi) is 6.46. The number of benzene rings is 1. The molecule has 0 saturated carbocycles. The Balaban J connectivity index is 2.71. The molecule has 0 aliphatic rings. The van der Waals surface area contributed by atoms with Gasteiger partial charge in [-0.05, 0) is 19.1 Å². The second-order valence-corrected chi connectivity index (χ2v) is 4.76. The van der Waals surface area contributed by atoms with E-state index in [1.165, 1.54) is 11.0 Å². The van der Waals surface area contributed by atoms with E-state index in [-0.39, 0.29) is 12.5 Å². The fourth-order valence-corrected chi connectivity index (χ4v) is 1.77. The quantitative estimate of drug-likeness (QED) is 0.783. The Morgan fingerprint density at radius 3 is 2.67 bits per heavy atom. The normalized spacial score (nSPS) is 12.1. The Labute approximate surface area is 124 Å². The van der Waals surface area contributed by atoms with Crippen LogP contribution in [0.4, 0.5) is 0 Å². The second kappa shape index (κ2) is 8.09. The van der Waals surface area contributed by atoms with Crippen LogP contribution in [0, 0.1) is 5.92 Å². The number of likely N-dealkylation sites (N-methyl/N-ethyl adjacent to an activating group) is 1. The minimum atomic E-state index is -0.916. The topological polar surface area (TPSA) is 66.8 Å². The molecular weight excluding hydrogens is 270 g/mol. The number of ether oxygens (including phenoxy) is 1. The van der Waals surface area contributed by atoms with Gasteiger partial charge in [-0.2, -0.15) is 0 Å². The zero-order chi connectivity index (χ0) is 15.8. The molecule has 1 amide bonds. The maximum absolute atomic E-state index is 11.9. The maximum atomic E-state index is 11.9. The standard InChI is InChI=1S/C16H21NO4/c1-4-21-14-8-6-5-7-13(14)9-10-15(18)17(3)11-12(2)16(19)20/h5-10,12H,4,11H2,1-3H3,(H,19,20). The smallest absolute Gasteiger partial charge is 0.308 e. The zero-order valence-electron chi connectivity index (χ0n) is 12.6. The van der Waals surface area contributed by atoms with Gasteiger partial charge in [0.2, 0.25) is 5.91 Å². The van der Waals surface area contributed by atoms with Gasteiger partial charge < -0.3 is 14.7 Å². The summed E-state index contributed by atoms with van der Waals surface area (Å²) >= 11 is 0. The van der Waals surface area contributed by atoms with Crippen molar-refractivity contribution in [1.82, 2.24) is 4.90 Å². The van der Waals surface area contributed by atoms with Crippen molar-refractivity contribution in [3.8, 4) is 5.75 Å². The highest BCUT2D eigenvalue weighted by Gasteiger charge is 2.15. The lowest BCUT2D eigenvalue weighted by Crippen LogP contribution is -2.32. The molecule has 1 unspecified atom stereocenters. The van der Waals surface area contributed by atoms with Gasteiger partial charge in [-0.15, -0.1) is 0 Å². The van der Waals surface area contributed by atoms with Gasteiger partial charge in [0.25, 0.3) is 0 Å². The molecule has 0 saturated heterocycles. The number of para-hydroxylation sites is 1. The fraction of sp³-hybridized carbons (Fsp3) is 0.375. The molecule has 1 atom stereocenters. The predicted molar refractivity (Wildman–Crippen MR) is 81.1 cm³/mol. The highest BCUT2D eigenvalue weighted by molar-refractivity contribution is 5.92. The van der Waals surface area contributed by atoms with E-state index in [2.05, 4.69) is 0 Å². The van der Waals surface area contributed by atoms with Crippen LogP contribution in [0.2, 0.25) is 0 Å². The van der Waals surface area contributed by atoms with Gasteiger partial charge >= 0.3 is 5.97 Å². The van der Waals surface area contributed by atoms with E-state index in [1.54, 1.807) is 20.0 Å². The molecule has 0 aliphatic carbocycles. The van der Waals surface area contributed by atoms with Gasteiger partial charge in [0.05, 0.1) is 12.5 Å². The summed E-state index contributed by atoms with van der Waals surface area (Å²) in [5.41, 5.74) is 0.812. The number of hydrogen-bond acceptors (Lipinski definition) is 3. The van der Waals surface area contributed by atoms with Crippen LogP contribution < -0.4 is 4.74 Å². The summed E-state index contributed by atoms with van der Waals surface area (Å²) in [5, 5.41) is 8.84. The summed E-state index contributed by atoms with van der Waals surface area (Å²) in [4.78, 5) is 24.1. The van der Waals surface area contributed by atoms with Crippen molar-refractivity contribution < 1.29 is 19.4 Å². The van der Waals surface area contributed by atoms with Crippen molar-refractivity contribution >= 4 is 18.0 Å². The van der Waals surface area contributed by atoms with E-state index in [0.717, 1.165) is 5.56 Å². The summed E-state index contributed by atoms with van der Waals surface area (Å²) in [5.74, 6) is -1.04. The van der Waals surface area contributed by atoms with Gasteiger partial charge in [0.1, 0.15) is 5.75 Å². The summed E-state index contributed by atoms with van der Waals surface area (Å²) in [6.07, 6.45) is 3.10. The van der Waals surface area contributed by atoms with Crippen LogP contribution in [0.1, 0.15) is 19.4 Å². The molecule has 21 heavy (non-hydrogen) atoms. The molecular formula is C16H21NO4. The third-order valence-corrected chi connectivity index (χ3v) is 2.97. The Bertz CT molecular complexity index is 525. The van der Waals surface area contributed by atoms with Gasteiger partial charge in [0.15, 0.2) is 0 Å². The van der Waals surface area contributed by atoms with Crippen LogP contribution in [-0.4, -0.2) is 42.1 Å². The molecule has 1 aromatic carbocycles. The van der Waals surface area contributed by atoms with Crippen molar-refractivity contribution in [2.45, 2.75) is 13.8 Å². The number of carbonyl (C=O) groups is 2. The Morgan fingerprint density at radius 1 is 1.38 bits per heavy atom. The van der Waals surface area contributed by atoms with Gasteiger partial charge in [-0.25, -0.2) is 0 Å². The first kappa shape index (κ1) is 16.8. The molecule has 1 aromatic rings. The molecule has 0 heterocycles. The summed E-state index contributed by atoms with van der Waals surface area (Å²) in [6, 6.07) is 7.42. The fourth-order valence-electron chi connectivity index (χ4n) is 1.77. The number of rotatable bonds is 7. The van der Waals surface area contributed by atoms with Gasteiger partial charge in [-0.3, -0.25) is 9.59 Å². The van der Waals surface area contributed by atoms with E-state index in [4.69, 9.17) is 9.84 Å². The average Bonchev–Trinajstić information content (AvgIpc) is 2.46. The lowest BCUT2D eigenvalue weighted by Gasteiger charge is -2.17. The average molecular weight is 291 g/mol. The predicted octanol–water partition coefficient (Wildman–Crippen LogP) is 2.28. The Morgan fingerprint density at radius 2 is 2.05 bits per heavy atom. The van der Waals surface area contributed by atoms with E-state index < -0.39 is 11.9 Å². The summed E-state index contributed by atoms with van der Waals surface area (Å²) < 4.78 is 5.47. The number of carbonyl (C=O) groups excluding carboxylic acids is 1. The molecule has 1 N–H and O–H groups in total. The van der Waals surface area contributed by atoms with Crippen LogP contribution in [0.25, 0.3) is 6.08 Å². The molecule has 0 bridgehead atoms. The highest BCUT2D eigenvalue weighted by Crippen LogP contribution is 2.19. The van der Waals surface area contributed by atoms with Gasteiger partial charge in [0, 0.05) is 25.2 Å². The van der Waals surface area contributed by atoms with Crippen LogP contribution in [0.3, 0.4) is 0 Å². The van der Waals surface area contributed by atoms with Crippen LogP contribution >= 0.6 is 0 Å². The minimum absolute atomic E-state index is 0.172. The molecule has 0 aliphatic heterocycles. The largest absolute Gasteiger partial charge is 0.493 e. The molecule has 0 aromatic heterocycles. The minimum Gasteiger partial charge on any atom is -0.493 e. The SMILES string of the molecule is CCOc1ccccc1C=CC(=O)N(C)CC(C)C(=O)O. The first-order valence-corrected chi connectivity index (χ1v) is 6.83. The second-order valence-electron chi connectivity index (χ2n) is 4.76. The number of hydrogen-bond donors (Lipinski definition) is 1. The van der Waals surface area contributed by atoms with E-state index in [1.807, 2.05) is 31.2 Å². The van der Waals surface area contributed by atoms with Crippen molar-refractivity contribution in [2.24, 2.45) is 5.92 Å². The van der Waals surface area contributed by atoms with Crippen molar-refractivity contribution in [3.05, 3.63) is 35.9 Å². The van der Waals surface area contributed by atoms with E-state index in [0.29, 0.717) is 12.4 Å². The van der Waals surface area contributed by atoms with E-state index in [9.17, 15) is 9.59 Å². The molecule has 5 nitrogen and oxygen atoms in total. The van der Waals surface area contributed by atoms with Crippen molar-refractivity contribution in [3.63, 3.8) is 0 Å². The molecule has 1 rings (SSSR count).